The van der Waals surface area contributed by atoms with Gasteiger partial charge in [-0.1, -0.05) is 49.8 Å². The normalized spacial score (nSPS) is 30.3. The zero-order valence-electron chi connectivity index (χ0n) is 9.58. The first-order chi connectivity index (χ1) is 7.29. The van der Waals surface area contributed by atoms with Gasteiger partial charge in [0.05, 0.1) is 0 Å². The largest absolute Gasteiger partial charge is 0.103 e. The predicted molar refractivity (Wildman–Crippen MR) is 65.9 cm³/mol. The van der Waals surface area contributed by atoms with Crippen LogP contribution in [0.4, 0.5) is 0 Å². The van der Waals surface area contributed by atoms with Crippen LogP contribution < -0.4 is 0 Å². The molecule has 0 amide bonds. The minimum atomic E-state index is 0.378. The molecule has 1 aliphatic rings. The summed E-state index contributed by atoms with van der Waals surface area (Å²) in [4.78, 5) is 0. The molecule has 0 heterocycles. The monoisotopic (exact) mass is 200 g/mol. The second-order valence-electron chi connectivity index (χ2n) is 4.81. The van der Waals surface area contributed by atoms with Crippen LogP contribution in [0.15, 0.2) is 43.0 Å². The molecular formula is C15H20. The van der Waals surface area contributed by atoms with Crippen LogP contribution in [0.5, 0.6) is 0 Å². The highest BCUT2D eigenvalue weighted by Crippen LogP contribution is 2.48. The van der Waals surface area contributed by atoms with E-state index in [2.05, 4.69) is 49.9 Å². The van der Waals surface area contributed by atoms with Crippen molar-refractivity contribution in [2.24, 2.45) is 5.92 Å². The van der Waals surface area contributed by atoms with Crippen LogP contribution in [0.25, 0.3) is 0 Å². The van der Waals surface area contributed by atoms with E-state index in [0.717, 1.165) is 12.3 Å². The van der Waals surface area contributed by atoms with E-state index in [1.54, 1.807) is 0 Å². The molecule has 0 aliphatic heterocycles. The van der Waals surface area contributed by atoms with Gasteiger partial charge in [-0.05, 0) is 30.7 Å². The molecule has 0 N–H and O–H groups in total. The van der Waals surface area contributed by atoms with Crippen LogP contribution in [-0.4, -0.2) is 0 Å². The van der Waals surface area contributed by atoms with Gasteiger partial charge in [0.25, 0.3) is 0 Å². The standard InChI is InChI=1S/C15H20/c1-3-11-15(12-7-8-13(15)2)14-9-5-4-6-10-14/h3-6,9-10,13H,1,7-8,11-12H2,2H3. The summed E-state index contributed by atoms with van der Waals surface area (Å²) in [5.41, 5.74) is 1.89. The third-order valence-electron chi connectivity index (χ3n) is 4.06. The Morgan fingerprint density at radius 3 is 2.67 bits per heavy atom. The van der Waals surface area contributed by atoms with Crippen molar-refractivity contribution < 1.29 is 0 Å². The van der Waals surface area contributed by atoms with E-state index in [9.17, 15) is 0 Å². The van der Waals surface area contributed by atoms with Gasteiger partial charge in [0.1, 0.15) is 0 Å². The minimum absolute atomic E-state index is 0.378. The van der Waals surface area contributed by atoms with Crippen molar-refractivity contribution >= 4 is 0 Å². The van der Waals surface area contributed by atoms with Gasteiger partial charge in [0.2, 0.25) is 0 Å². The van der Waals surface area contributed by atoms with Crippen molar-refractivity contribution in [1.82, 2.24) is 0 Å². The molecule has 15 heavy (non-hydrogen) atoms. The lowest BCUT2D eigenvalue weighted by Gasteiger charge is -2.33. The predicted octanol–water partition coefficient (Wildman–Crippen LogP) is 4.32. The minimum Gasteiger partial charge on any atom is -0.103 e. The first-order valence-corrected chi connectivity index (χ1v) is 5.96. The molecule has 0 nitrogen and oxygen atoms in total. The van der Waals surface area contributed by atoms with E-state index in [4.69, 9.17) is 0 Å². The maximum absolute atomic E-state index is 3.93. The highest BCUT2D eigenvalue weighted by molar-refractivity contribution is 5.28. The Morgan fingerprint density at radius 1 is 1.40 bits per heavy atom. The number of benzene rings is 1. The number of allylic oxidation sites excluding steroid dienone is 1. The van der Waals surface area contributed by atoms with Gasteiger partial charge in [-0.2, -0.15) is 0 Å². The SMILES string of the molecule is C=CCC1(c2ccccc2)CCCC1C. The topological polar surface area (TPSA) is 0 Å². The molecule has 2 atom stereocenters. The molecule has 0 heteroatoms. The van der Waals surface area contributed by atoms with Gasteiger partial charge in [-0.3, -0.25) is 0 Å². The highest BCUT2D eigenvalue weighted by atomic mass is 14.4. The van der Waals surface area contributed by atoms with E-state index < -0.39 is 0 Å². The first-order valence-electron chi connectivity index (χ1n) is 5.96. The van der Waals surface area contributed by atoms with Gasteiger partial charge >= 0.3 is 0 Å². The third-order valence-corrected chi connectivity index (χ3v) is 4.06. The van der Waals surface area contributed by atoms with Gasteiger partial charge in [0.15, 0.2) is 0 Å². The van der Waals surface area contributed by atoms with E-state index in [1.165, 1.54) is 24.8 Å². The first kappa shape index (κ1) is 10.5. The molecule has 2 unspecified atom stereocenters. The summed E-state index contributed by atoms with van der Waals surface area (Å²) in [6, 6.07) is 11.0. The zero-order chi connectivity index (χ0) is 10.7. The van der Waals surface area contributed by atoms with E-state index in [1.807, 2.05) is 0 Å². The van der Waals surface area contributed by atoms with E-state index in [0.29, 0.717) is 5.41 Å². The molecular weight excluding hydrogens is 180 g/mol. The second-order valence-corrected chi connectivity index (χ2v) is 4.81. The van der Waals surface area contributed by atoms with Crippen LogP contribution >= 0.6 is 0 Å². The van der Waals surface area contributed by atoms with Crippen LogP contribution in [0.3, 0.4) is 0 Å². The van der Waals surface area contributed by atoms with E-state index >= 15 is 0 Å². The molecule has 1 fully saturated rings. The van der Waals surface area contributed by atoms with Gasteiger partial charge in [-0.25, -0.2) is 0 Å². The summed E-state index contributed by atoms with van der Waals surface area (Å²) >= 11 is 0. The lowest BCUT2D eigenvalue weighted by Crippen LogP contribution is -2.28. The summed E-state index contributed by atoms with van der Waals surface area (Å²) in [6.45, 7) is 6.32. The molecule has 1 saturated carbocycles. The van der Waals surface area contributed by atoms with Gasteiger partial charge in [0, 0.05) is 5.41 Å². The van der Waals surface area contributed by atoms with Crippen LogP contribution in [-0.2, 0) is 5.41 Å². The van der Waals surface area contributed by atoms with Crippen LogP contribution in [0.1, 0.15) is 38.2 Å². The molecule has 1 aromatic rings. The summed E-state index contributed by atoms with van der Waals surface area (Å²) in [6.07, 6.45) is 7.27. The molecule has 0 bridgehead atoms. The summed E-state index contributed by atoms with van der Waals surface area (Å²) in [5, 5.41) is 0. The molecule has 2 rings (SSSR count). The third kappa shape index (κ3) is 1.73. The molecule has 0 aromatic heterocycles. The second kappa shape index (κ2) is 4.22. The Hall–Kier alpha value is -1.04. The molecule has 0 spiro atoms. The highest BCUT2D eigenvalue weighted by Gasteiger charge is 2.40. The van der Waals surface area contributed by atoms with Crippen LogP contribution in [0, 0.1) is 5.92 Å². The molecule has 0 saturated heterocycles. The van der Waals surface area contributed by atoms with Crippen molar-refractivity contribution in [3.63, 3.8) is 0 Å². The van der Waals surface area contributed by atoms with Crippen molar-refractivity contribution in [1.29, 1.82) is 0 Å². The van der Waals surface area contributed by atoms with Gasteiger partial charge < -0.3 is 0 Å². The van der Waals surface area contributed by atoms with Crippen LogP contribution in [0.2, 0.25) is 0 Å². The summed E-state index contributed by atoms with van der Waals surface area (Å²) < 4.78 is 0. The lowest BCUT2D eigenvalue weighted by atomic mass is 9.70. The maximum atomic E-state index is 3.93. The molecule has 1 aliphatic carbocycles. The molecule has 1 aromatic carbocycles. The Labute approximate surface area is 93.0 Å². The quantitative estimate of drug-likeness (QED) is 0.637. The van der Waals surface area contributed by atoms with Crippen molar-refractivity contribution in [2.45, 2.75) is 38.0 Å². The lowest BCUT2D eigenvalue weighted by molar-refractivity contribution is 0.339. The Balaban J connectivity index is 2.38. The van der Waals surface area contributed by atoms with Crippen molar-refractivity contribution in [3.05, 3.63) is 48.6 Å². The number of hydrogen-bond acceptors (Lipinski definition) is 0. The Bertz CT molecular complexity index is 325. The zero-order valence-corrected chi connectivity index (χ0v) is 9.58. The van der Waals surface area contributed by atoms with Crippen molar-refractivity contribution in [3.8, 4) is 0 Å². The summed E-state index contributed by atoms with van der Waals surface area (Å²) in [5.74, 6) is 0.790. The Morgan fingerprint density at radius 2 is 2.13 bits per heavy atom. The Kier molecular flexibility index (Phi) is 2.95. The average Bonchev–Trinajstić information content (AvgIpc) is 2.63. The molecule has 80 valence electrons. The average molecular weight is 200 g/mol. The van der Waals surface area contributed by atoms with Gasteiger partial charge in [-0.15, -0.1) is 6.58 Å². The smallest absolute Gasteiger partial charge is 0.00129 e. The summed E-state index contributed by atoms with van der Waals surface area (Å²) in [7, 11) is 0. The fraction of sp³-hybridized carbons (Fsp3) is 0.467. The maximum Gasteiger partial charge on any atom is 0.00129 e. The van der Waals surface area contributed by atoms with Crippen molar-refractivity contribution in [2.75, 3.05) is 0 Å². The van der Waals surface area contributed by atoms with E-state index in [-0.39, 0.29) is 0 Å². The molecule has 0 radical (unpaired) electrons. The fourth-order valence-corrected chi connectivity index (χ4v) is 3.12. The number of hydrogen-bond donors (Lipinski definition) is 0. The number of rotatable bonds is 3. The fourth-order valence-electron chi connectivity index (χ4n) is 3.12.